The predicted molar refractivity (Wildman–Crippen MR) is 117 cm³/mol. The van der Waals surface area contributed by atoms with Crippen molar-refractivity contribution in [3.8, 4) is 0 Å². The van der Waals surface area contributed by atoms with Crippen LogP contribution < -0.4 is 10.2 Å². The molecule has 0 saturated carbocycles. The molecule has 0 spiro atoms. The number of hydrogen-bond donors (Lipinski definition) is 1. The third kappa shape index (κ3) is 4.67. The predicted octanol–water partition coefficient (Wildman–Crippen LogP) is 3.38. The van der Waals surface area contributed by atoms with E-state index in [0.29, 0.717) is 19.5 Å². The summed E-state index contributed by atoms with van der Waals surface area (Å²) in [5, 5.41) is 3.01. The molecule has 2 atom stereocenters. The van der Waals surface area contributed by atoms with Crippen LogP contribution in [0.5, 0.6) is 0 Å². The second-order valence-corrected chi connectivity index (χ2v) is 8.23. The van der Waals surface area contributed by atoms with Crippen LogP contribution in [-0.4, -0.2) is 43.9 Å². The Hall–Kier alpha value is -2.66. The fourth-order valence-corrected chi connectivity index (χ4v) is 3.78. The zero-order valence-corrected chi connectivity index (χ0v) is 18.0. The summed E-state index contributed by atoms with van der Waals surface area (Å²) < 4.78 is 0. The van der Waals surface area contributed by atoms with Gasteiger partial charge in [0.2, 0.25) is 11.8 Å². The van der Waals surface area contributed by atoms with Crippen LogP contribution in [0.3, 0.4) is 0 Å². The largest absolute Gasteiger partial charge is 0.353 e. The number of anilines is 1. The van der Waals surface area contributed by atoms with E-state index in [1.54, 1.807) is 4.90 Å². The number of aryl methyl sites for hydroxylation is 3. The van der Waals surface area contributed by atoms with E-state index in [1.165, 1.54) is 11.1 Å². The van der Waals surface area contributed by atoms with Gasteiger partial charge in [-0.2, -0.15) is 0 Å². The van der Waals surface area contributed by atoms with Gasteiger partial charge in [0.15, 0.2) is 0 Å². The normalized spacial score (nSPS) is 17.7. The van der Waals surface area contributed by atoms with E-state index < -0.39 is 5.92 Å². The third-order valence-corrected chi connectivity index (χ3v) is 5.88. The molecule has 1 aliphatic rings. The number of likely N-dealkylation sites (N-methyl/N-ethyl adjacent to an activating group) is 1. The topological polar surface area (TPSA) is 52.7 Å². The van der Waals surface area contributed by atoms with E-state index in [2.05, 4.69) is 48.3 Å². The first-order valence-corrected chi connectivity index (χ1v) is 10.2. The molecule has 0 radical (unpaired) electrons. The number of hydrogen-bond acceptors (Lipinski definition) is 3. The standard InChI is InChI=1S/C24H31N3O2/c1-16-6-9-19(10-7-16)22(26(4)5)15-25-23(28)21-12-13-27(24(21)29)20-11-8-17(2)18(3)14-20/h6-11,14,21-22H,12-13,15H2,1-5H3,(H,25,28). The average Bonchev–Trinajstić information content (AvgIpc) is 3.06. The van der Waals surface area contributed by atoms with Gasteiger partial charge in [-0.25, -0.2) is 0 Å². The summed E-state index contributed by atoms with van der Waals surface area (Å²) in [4.78, 5) is 29.5. The average molecular weight is 394 g/mol. The lowest BCUT2D eigenvalue weighted by atomic mass is 10.0. The van der Waals surface area contributed by atoms with Crippen molar-refractivity contribution in [1.82, 2.24) is 10.2 Å². The molecule has 2 aromatic rings. The first-order valence-electron chi connectivity index (χ1n) is 10.2. The molecule has 1 fully saturated rings. The van der Waals surface area contributed by atoms with Gasteiger partial charge in [0.25, 0.3) is 0 Å². The van der Waals surface area contributed by atoms with E-state index in [-0.39, 0.29) is 17.9 Å². The van der Waals surface area contributed by atoms with Crippen LogP contribution in [0.15, 0.2) is 42.5 Å². The van der Waals surface area contributed by atoms with E-state index in [4.69, 9.17) is 0 Å². The van der Waals surface area contributed by atoms with E-state index >= 15 is 0 Å². The Morgan fingerprint density at radius 3 is 2.41 bits per heavy atom. The molecule has 5 heteroatoms. The van der Waals surface area contributed by atoms with Crippen LogP contribution in [0.25, 0.3) is 0 Å². The molecular formula is C24H31N3O2. The van der Waals surface area contributed by atoms with Crippen LogP contribution in [-0.2, 0) is 9.59 Å². The fourth-order valence-electron chi connectivity index (χ4n) is 3.78. The molecule has 1 aliphatic heterocycles. The van der Waals surface area contributed by atoms with Crippen molar-refractivity contribution in [3.63, 3.8) is 0 Å². The molecule has 1 saturated heterocycles. The van der Waals surface area contributed by atoms with Crippen molar-refractivity contribution in [2.75, 3.05) is 32.1 Å². The van der Waals surface area contributed by atoms with Crippen LogP contribution >= 0.6 is 0 Å². The highest BCUT2D eigenvalue weighted by molar-refractivity contribution is 6.09. The lowest BCUT2D eigenvalue weighted by Crippen LogP contribution is -2.40. The second-order valence-electron chi connectivity index (χ2n) is 8.23. The number of nitrogens with one attached hydrogen (secondary N) is 1. The summed E-state index contributed by atoms with van der Waals surface area (Å²) in [6.45, 7) is 7.20. The zero-order valence-electron chi connectivity index (χ0n) is 18.0. The summed E-state index contributed by atoms with van der Waals surface area (Å²) >= 11 is 0. The first kappa shape index (κ1) is 21.1. The Morgan fingerprint density at radius 2 is 1.79 bits per heavy atom. The zero-order chi connectivity index (χ0) is 21.1. The summed E-state index contributed by atoms with van der Waals surface area (Å²) in [5.74, 6) is -0.903. The van der Waals surface area contributed by atoms with Gasteiger partial charge in [0.1, 0.15) is 5.92 Å². The van der Waals surface area contributed by atoms with Gasteiger partial charge in [-0.3, -0.25) is 9.59 Å². The Labute approximate surface area is 173 Å². The minimum atomic E-state index is -0.613. The summed E-state index contributed by atoms with van der Waals surface area (Å²) in [5.41, 5.74) is 5.57. The number of benzene rings is 2. The highest BCUT2D eigenvalue weighted by atomic mass is 16.2. The Kier molecular flexibility index (Phi) is 6.38. The highest BCUT2D eigenvalue weighted by Crippen LogP contribution is 2.27. The van der Waals surface area contributed by atoms with Gasteiger partial charge in [0.05, 0.1) is 6.04 Å². The van der Waals surface area contributed by atoms with Gasteiger partial charge in [-0.15, -0.1) is 0 Å². The van der Waals surface area contributed by atoms with Gasteiger partial charge in [-0.1, -0.05) is 35.9 Å². The van der Waals surface area contributed by atoms with Gasteiger partial charge in [0, 0.05) is 18.8 Å². The molecule has 1 N–H and O–H groups in total. The van der Waals surface area contributed by atoms with Gasteiger partial charge < -0.3 is 15.1 Å². The van der Waals surface area contributed by atoms with E-state index in [1.807, 2.05) is 39.2 Å². The molecule has 2 aromatic carbocycles. The molecule has 1 heterocycles. The van der Waals surface area contributed by atoms with Crippen LogP contribution in [0, 0.1) is 26.7 Å². The minimum Gasteiger partial charge on any atom is -0.353 e. The maximum absolute atomic E-state index is 12.9. The second kappa shape index (κ2) is 8.78. The van der Waals surface area contributed by atoms with Crippen LogP contribution in [0.2, 0.25) is 0 Å². The monoisotopic (exact) mass is 393 g/mol. The van der Waals surface area contributed by atoms with Crippen molar-refractivity contribution < 1.29 is 9.59 Å². The molecule has 2 unspecified atom stereocenters. The molecule has 5 nitrogen and oxygen atoms in total. The third-order valence-electron chi connectivity index (χ3n) is 5.88. The fraction of sp³-hybridized carbons (Fsp3) is 0.417. The highest BCUT2D eigenvalue weighted by Gasteiger charge is 2.37. The van der Waals surface area contributed by atoms with Crippen molar-refractivity contribution in [2.24, 2.45) is 5.92 Å². The number of carbonyl (C=O) groups is 2. The maximum Gasteiger partial charge on any atom is 0.239 e. The lowest BCUT2D eigenvalue weighted by molar-refractivity contribution is -0.132. The number of nitrogens with zero attached hydrogens (tertiary/aromatic N) is 2. The van der Waals surface area contributed by atoms with Crippen molar-refractivity contribution in [3.05, 3.63) is 64.7 Å². The SMILES string of the molecule is Cc1ccc(C(CNC(=O)C2CCN(c3ccc(C)c(C)c3)C2=O)N(C)C)cc1. The smallest absolute Gasteiger partial charge is 0.239 e. The van der Waals surface area contributed by atoms with Crippen molar-refractivity contribution in [1.29, 1.82) is 0 Å². The molecule has 3 rings (SSSR count). The molecular weight excluding hydrogens is 362 g/mol. The first-order chi connectivity index (χ1) is 13.8. The lowest BCUT2D eigenvalue weighted by Gasteiger charge is -2.26. The van der Waals surface area contributed by atoms with E-state index in [0.717, 1.165) is 16.8 Å². The van der Waals surface area contributed by atoms with Gasteiger partial charge >= 0.3 is 0 Å². The van der Waals surface area contributed by atoms with Crippen molar-refractivity contribution in [2.45, 2.75) is 33.2 Å². The van der Waals surface area contributed by atoms with Crippen LogP contribution in [0.1, 0.15) is 34.7 Å². The summed E-state index contributed by atoms with van der Waals surface area (Å²) in [6.07, 6.45) is 0.550. The number of carbonyl (C=O) groups excluding carboxylic acids is 2. The summed E-state index contributed by atoms with van der Waals surface area (Å²) in [6, 6.07) is 14.4. The maximum atomic E-state index is 12.9. The summed E-state index contributed by atoms with van der Waals surface area (Å²) in [7, 11) is 4.00. The Balaban J connectivity index is 1.65. The molecule has 154 valence electrons. The molecule has 0 aromatic heterocycles. The van der Waals surface area contributed by atoms with E-state index in [9.17, 15) is 9.59 Å². The van der Waals surface area contributed by atoms with Crippen LogP contribution in [0.4, 0.5) is 5.69 Å². The Morgan fingerprint density at radius 1 is 1.10 bits per heavy atom. The van der Waals surface area contributed by atoms with Crippen molar-refractivity contribution >= 4 is 17.5 Å². The molecule has 0 aliphatic carbocycles. The number of amides is 2. The molecule has 0 bridgehead atoms. The molecule has 29 heavy (non-hydrogen) atoms. The Bertz CT molecular complexity index is 889. The molecule has 2 amide bonds. The number of rotatable bonds is 6. The quantitative estimate of drug-likeness (QED) is 0.766. The minimum absolute atomic E-state index is 0.0620. The van der Waals surface area contributed by atoms with Gasteiger partial charge in [-0.05, 0) is 70.1 Å².